The van der Waals surface area contributed by atoms with Gasteiger partial charge in [-0.3, -0.25) is 4.79 Å². The number of hydrogen-bond donors (Lipinski definition) is 1. The molecule has 0 bridgehead atoms. The Bertz CT molecular complexity index is 554. The van der Waals surface area contributed by atoms with Gasteiger partial charge in [0.05, 0.1) is 12.0 Å². The smallest absolute Gasteiger partial charge is 0.281 e. The van der Waals surface area contributed by atoms with Gasteiger partial charge >= 0.3 is 0 Å². The fraction of sp³-hybridized carbons (Fsp3) is 0.941. The minimum Gasteiger partial charge on any atom is -0.376 e. The van der Waals surface area contributed by atoms with Gasteiger partial charge in [-0.25, -0.2) is 0 Å². The van der Waals surface area contributed by atoms with Gasteiger partial charge in [0.15, 0.2) is 0 Å². The highest BCUT2D eigenvalue weighted by molar-refractivity contribution is 7.86. The number of hydrogen-bond acceptors (Lipinski definition) is 4. The number of amides is 1. The van der Waals surface area contributed by atoms with Crippen molar-refractivity contribution in [1.82, 2.24) is 13.9 Å². The standard InChI is InChI=1S/C17H31N3O4S/c1-14-6-9-19(10-7-14)25(22,23)20-8-2-4-15(13-20)17(21)18-12-16-5-3-11-24-16/h14-16H,2-13H2,1H3,(H,18,21). The second kappa shape index (κ2) is 8.33. The Morgan fingerprint density at radius 1 is 1.08 bits per heavy atom. The van der Waals surface area contributed by atoms with Crippen molar-refractivity contribution in [2.75, 3.05) is 39.3 Å². The molecule has 0 spiro atoms. The van der Waals surface area contributed by atoms with Crippen LogP contribution in [0, 0.1) is 11.8 Å². The summed E-state index contributed by atoms with van der Waals surface area (Å²) >= 11 is 0. The molecule has 0 radical (unpaired) electrons. The van der Waals surface area contributed by atoms with Crippen molar-refractivity contribution in [3.63, 3.8) is 0 Å². The van der Waals surface area contributed by atoms with Crippen molar-refractivity contribution in [3.8, 4) is 0 Å². The van der Waals surface area contributed by atoms with E-state index in [-0.39, 0.29) is 17.9 Å². The number of carbonyl (C=O) groups is 1. The largest absolute Gasteiger partial charge is 0.376 e. The van der Waals surface area contributed by atoms with Crippen LogP contribution in [0.1, 0.15) is 45.4 Å². The summed E-state index contributed by atoms with van der Waals surface area (Å²) in [5.74, 6) is 0.292. The molecule has 8 heteroatoms. The Labute approximate surface area is 151 Å². The maximum atomic E-state index is 12.9. The number of nitrogens with zero attached hydrogens (tertiary/aromatic N) is 2. The van der Waals surface area contributed by atoms with E-state index < -0.39 is 10.2 Å². The van der Waals surface area contributed by atoms with Crippen LogP contribution in [0.2, 0.25) is 0 Å². The van der Waals surface area contributed by atoms with Crippen LogP contribution in [0.4, 0.5) is 0 Å². The molecule has 0 aromatic carbocycles. The second-order valence-electron chi connectivity index (χ2n) is 7.67. The van der Waals surface area contributed by atoms with Gasteiger partial charge in [0, 0.05) is 39.3 Å². The van der Waals surface area contributed by atoms with Gasteiger partial charge in [-0.1, -0.05) is 6.92 Å². The van der Waals surface area contributed by atoms with Crippen LogP contribution in [0.3, 0.4) is 0 Å². The van der Waals surface area contributed by atoms with E-state index in [1.807, 2.05) is 0 Å². The van der Waals surface area contributed by atoms with Crippen LogP contribution >= 0.6 is 0 Å². The molecule has 0 aromatic rings. The lowest BCUT2D eigenvalue weighted by molar-refractivity contribution is -0.126. The van der Waals surface area contributed by atoms with Gasteiger partial charge in [-0.05, 0) is 44.4 Å². The number of ether oxygens (including phenoxy) is 1. The molecule has 2 unspecified atom stereocenters. The summed E-state index contributed by atoms with van der Waals surface area (Å²) in [5.41, 5.74) is 0. The third-order valence-corrected chi connectivity index (χ3v) is 7.68. The molecule has 2 atom stereocenters. The van der Waals surface area contributed by atoms with Gasteiger partial charge in [0.1, 0.15) is 0 Å². The Balaban J connectivity index is 1.53. The first-order valence-corrected chi connectivity index (χ1v) is 11.0. The summed E-state index contributed by atoms with van der Waals surface area (Å²) in [5, 5.41) is 2.95. The first-order valence-electron chi connectivity index (χ1n) is 9.61. The van der Waals surface area contributed by atoms with Crippen molar-refractivity contribution in [2.45, 2.75) is 51.6 Å². The summed E-state index contributed by atoms with van der Waals surface area (Å²) in [6.07, 6.45) is 5.46. The van der Waals surface area contributed by atoms with E-state index in [4.69, 9.17) is 4.74 Å². The molecule has 3 aliphatic heterocycles. The van der Waals surface area contributed by atoms with Crippen LogP contribution < -0.4 is 5.32 Å². The van der Waals surface area contributed by atoms with Crippen molar-refractivity contribution >= 4 is 16.1 Å². The lowest BCUT2D eigenvalue weighted by atomic mass is 9.99. The minimum atomic E-state index is -3.44. The van der Waals surface area contributed by atoms with E-state index in [0.717, 1.165) is 45.1 Å². The molecule has 0 saturated carbocycles. The highest BCUT2D eigenvalue weighted by Gasteiger charge is 2.37. The molecular formula is C17H31N3O4S. The number of rotatable bonds is 5. The fourth-order valence-corrected chi connectivity index (χ4v) is 5.64. The number of nitrogens with one attached hydrogen (secondary N) is 1. The highest BCUT2D eigenvalue weighted by Crippen LogP contribution is 2.25. The van der Waals surface area contributed by atoms with Crippen LogP contribution in [-0.2, 0) is 19.7 Å². The second-order valence-corrected chi connectivity index (χ2v) is 9.60. The topological polar surface area (TPSA) is 79.0 Å². The lowest BCUT2D eigenvalue weighted by Crippen LogP contribution is -2.52. The highest BCUT2D eigenvalue weighted by atomic mass is 32.2. The Morgan fingerprint density at radius 2 is 1.84 bits per heavy atom. The van der Waals surface area contributed by atoms with Crippen molar-refractivity contribution in [2.24, 2.45) is 11.8 Å². The quantitative estimate of drug-likeness (QED) is 0.779. The van der Waals surface area contributed by atoms with Crippen molar-refractivity contribution in [3.05, 3.63) is 0 Å². The number of carbonyl (C=O) groups excluding carboxylic acids is 1. The van der Waals surface area contributed by atoms with Gasteiger partial charge in [-0.2, -0.15) is 17.0 Å². The van der Waals surface area contributed by atoms with E-state index in [9.17, 15) is 13.2 Å². The van der Waals surface area contributed by atoms with Crippen LogP contribution in [0.15, 0.2) is 0 Å². The van der Waals surface area contributed by atoms with Crippen LogP contribution in [0.25, 0.3) is 0 Å². The zero-order valence-corrected chi connectivity index (χ0v) is 16.0. The molecule has 25 heavy (non-hydrogen) atoms. The molecule has 3 aliphatic rings. The van der Waals surface area contributed by atoms with E-state index in [1.54, 1.807) is 4.31 Å². The molecular weight excluding hydrogens is 342 g/mol. The van der Waals surface area contributed by atoms with Gasteiger partial charge in [0.25, 0.3) is 10.2 Å². The van der Waals surface area contributed by atoms with Gasteiger partial charge in [0.2, 0.25) is 5.91 Å². The van der Waals surface area contributed by atoms with Gasteiger partial charge in [-0.15, -0.1) is 0 Å². The molecule has 1 amide bonds. The maximum Gasteiger partial charge on any atom is 0.281 e. The predicted molar refractivity (Wildman–Crippen MR) is 95.2 cm³/mol. The predicted octanol–water partition coefficient (Wildman–Crippen LogP) is 0.970. The molecule has 0 aliphatic carbocycles. The molecule has 3 rings (SSSR count). The molecule has 3 heterocycles. The molecule has 1 N–H and O–H groups in total. The number of piperidine rings is 2. The average molecular weight is 374 g/mol. The minimum absolute atomic E-state index is 0.0392. The third kappa shape index (κ3) is 4.72. The molecule has 7 nitrogen and oxygen atoms in total. The summed E-state index contributed by atoms with van der Waals surface area (Å²) in [7, 11) is -3.44. The summed E-state index contributed by atoms with van der Waals surface area (Å²) in [4.78, 5) is 12.4. The first-order chi connectivity index (χ1) is 12.0. The van der Waals surface area contributed by atoms with Gasteiger partial charge < -0.3 is 10.1 Å². The van der Waals surface area contributed by atoms with E-state index >= 15 is 0 Å². The SMILES string of the molecule is CC1CCN(S(=O)(=O)N2CCCC(C(=O)NCC3CCCO3)C2)CC1. The maximum absolute atomic E-state index is 12.9. The Kier molecular flexibility index (Phi) is 6.35. The first kappa shape index (κ1) is 19.1. The normalized spacial score (nSPS) is 30.4. The fourth-order valence-electron chi connectivity index (χ4n) is 3.91. The van der Waals surface area contributed by atoms with E-state index in [2.05, 4.69) is 12.2 Å². The monoisotopic (exact) mass is 373 g/mol. The zero-order chi connectivity index (χ0) is 17.9. The lowest BCUT2D eigenvalue weighted by Gasteiger charge is -2.37. The molecule has 3 fully saturated rings. The summed E-state index contributed by atoms with van der Waals surface area (Å²) < 4.78 is 34.4. The summed E-state index contributed by atoms with van der Waals surface area (Å²) in [6.45, 7) is 5.47. The summed E-state index contributed by atoms with van der Waals surface area (Å²) in [6, 6.07) is 0. The average Bonchev–Trinajstić information content (AvgIpc) is 3.14. The van der Waals surface area contributed by atoms with Crippen molar-refractivity contribution < 1.29 is 17.9 Å². The van der Waals surface area contributed by atoms with Crippen LogP contribution in [0.5, 0.6) is 0 Å². The van der Waals surface area contributed by atoms with E-state index in [0.29, 0.717) is 38.6 Å². The third-order valence-electron chi connectivity index (χ3n) is 5.68. The van der Waals surface area contributed by atoms with Crippen LogP contribution in [-0.4, -0.2) is 68.4 Å². The van der Waals surface area contributed by atoms with Crippen molar-refractivity contribution in [1.29, 1.82) is 0 Å². The molecule has 144 valence electrons. The Morgan fingerprint density at radius 3 is 2.52 bits per heavy atom. The molecule has 0 aromatic heterocycles. The Hall–Kier alpha value is -0.700. The zero-order valence-electron chi connectivity index (χ0n) is 15.2. The molecule has 3 saturated heterocycles. The van der Waals surface area contributed by atoms with E-state index in [1.165, 1.54) is 4.31 Å².